The van der Waals surface area contributed by atoms with Crippen LogP contribution in [0.4, 0.5) is 5.95 Å². The Hall–Kier alpha value is -2.80. The van der Waals surface area contributed by atoms with Gasteiger partial charge in [0.1, 0.15) is 0 Å². The highest BCUT2D eigenvalue weighted by atomic mass is 32.2. The number of aryl methyl sites for hydroxylation is 3. The van der Waals surface area contributed by atoms with Crippen LogP contribution in [0, 0.1) is 6.92 Å². The zero-order chi connectivity index (χ0) is 21.0. The van der Waals surface area contributed by atoms with Gasteiger partial charge in [0, 0.05) is 6.26 Å². The number of aromatic nitrogens is 3. The Balaban J connectivity index is 2.06. The van der Waals surface area contributed by atoms with Gasteiger partial charge in [-0.05, 0) is 43.0 Å². The summed E-state index contributed by atoms with van der Waals surface area (Å²) in [6.07, 6.45) is 2.76. The zero-order valence-corrected chi connectivity index (χ0v) is 18.0. The van der Waals surface area contributed by atoms with E-state index in [0.29, 0.717) is 5.95 Å². The minimum Gasteiger partial charge on any atom is -0.342 e. The van der Waals surface area contributed by atoms with E-state index in [2.05, 4.69) is 20.5 Å². The van der Waals surface area contributed by atoms with Crippen molar-refractivity contribution in [2.45, 2.75) is 44.6 Å². The second-order valence-electron chi connectivity index (χ2n) is 7.07. The van der Waals surface area contributed by atoms with Crippen LogP contribution in [0.15, 0.2) is 53.4 Å². The molecule has 0 saturated heterocycles. The Morgan fingerprint density at radius 2 is 1.62 bits per heavy atom. The normalized spacial score (nSPS) is 12.6. The number of rotatable bonds is 7. The lowest BCUT2D eigenvalue weighted by Gasteiger charge is -2.21. The summed E-state index contributed by atoms with van der Waals surface area (Å²) in [5.41, 5.74) is 4.76. The van der Waals surface area contributed by atoms with E-state index in [1.165, 1.54) is 6.26 Å². The lowest BCUT2D eigenvalue weighted by Crippen LogP contribution is -2.17. The molecule has 0 fully saturated rings. The van der Waals surface area contributed by atoms with Crippen LogP contribution < -0.4 is 5.32 Å². The molecule has 0 radical (unpaired) electrons. The summed E-state index contributed by atoms with van der Waals surface area (Å²) in [5.74, 6) is 0.425. The molecule has 0 amide bonds. The van der Waals surface area contributed by atoms with Crippen molar-refractivity contribution in [2.24, 2.45) is 0 Å². The summed E-state index contributed by atoms with van der Waals surface area (Å²) in [6, 6.07) is 14.8. The minimum atomic E-state index is -3.31. The van der Waals surface area contributed by atoms with Gasteiger partial charge < -0.3 is 5.32 Å². The molecule has 29 heavy (non-hydrogen) atoms. The van der Waals surface area contributed by atoms with Crippen molar-refractivity contribution in [1.29, 1.82) is 0 Å². The van der Waals surface area contributed by atoms with E-state index in [0.717, 1.165) is 40.9 Å². The number of hydrogen-bond donors (Lipinski definition) is 1. The number of sulfone groups is 1. The largest absolute Gasteiger partial charge is 0.342 e. The minimum absolute atomic E-state index is 0.281. The predicted molar refractivity (Wildman–Crippen MR) is 115 cm³/mol. The van der Waals surface area contributed by atoms with Crippen molar-refractivity contribution in [3.63, 3.8) is 0 Å². The highest BCUT2D eigenvalue weighted by Gasteiger charge is 2.19. The summed E-state index contributed by atoms with van der Waals surface area (Å²) in [4.78, 5) is 4.92. The number of hydrogen-bond acceptors (Lipinski definition) is 6. The molecular weight excluding hydrogens is 384 g/mol. The second kappa shape index (κ2) is 8.69. The number of nitrogens with zero attached hydrogens (tertiary/aromatic N) is 3. The lowest BCUT2D eigenvalue weighted by atomic mass is 9.98. The Morgan fingerprint density at radius 1 is 0.931 bits per heavy atom. The first-order valence-electron chi connectivity index (χ1n) is 9.67. The van der Waals surface area contributed by atoms with Gasteiger partial charge in [0.25, 0.3) is 0 Å². The van der Waals surface area contributed by atoms with Gasteiger partial charge in [-0.3, -0.25) is 0 Å². The van der Waals surface area contributed by atoms with Gasteiger partial charge in [0.05, 0.1) is 22.3 Å². The van der Waals surface area contributed by atoms with Crippen molar-refractivity contribution in [2.75, 3.05) is 11.6 Å². The van der Waals surface area contributed by atoms with Crippen molar-refractivity contribution >= 4 is 15.8 Å². The lowest BCUT2D eigenvalue weighted by molar-refractivity contribution is 0.601. The first-order chi connectivity index (χ1) is 13.8. The first-order valence-corrected chi connectivity index (χ1v) is 11.6. The highest BCUT2D eigenvalue weighted by Crippen LogP contribution is 2.27. The van der Waals surface area contributed by atoms with Crippen LogP contribution in [-0.4, -0.2) is 29.9 Å². The van der Waals surface area contributed by atoms with Gasteiger partial charge in [-0.1, -0.05) is 55.8 Å². The predicted octanol–water partition coefficient (Wildman–Crippen LogP) is 3.91. The molecule has 1 aromatic heterocycles. The third kappa shape index (κ3) is 4.98. The third-order valence-corrected chi connectivity index (χ3v) is 5.92. The van der Waals surface area contributed by atoms with Crippen LogP contribution in [0.2, 0.25) is 0 Å². The molecule has 7 heteroatoms. The van der Waals surface area contributed by atoms with Crippen molar-refractivity contribution in [3.05, 3.63) is 76.6 Å². The van der Waals surface area contributed by atoms with E-state index >= 15 is 0 Å². The molecule has 0 bridgehead atoms. The zero-order valence-electron chi connectivity index (χ0n) is 17.2. The van der Waals surface area contributed by atoms with Crippen LogP contribution in [0.1, 0.15) is 48.0 Å². The summed E-state index contributed by atoms with van der Waals surface area (Å²) < 4.78 is 24.1. The summed E-state index contributed by atoms with van der Waals surface area (Å²) in [5, 5.41) is 11.9. The van der Waals surface area contributed by atoms with E-state index in [1.807, 2.05) is 51.1 Å². The van der Waals surface area contributed by atoms with Crippen molar-refractivity contribution in [3.8, 4) is 0 Å². The van der Waals surface area contributed by atoms with E-state index in [4.69, 9.17) is 0 Å². The monoisotopic (exact) mass is 410 g/mol. The number of benzene rings is 2. The Kier molecular flexibility index (Phi) is 6.27. The molecule has 1 atom stereocenters. The molecule has 0 aliphatic rings. The fraction of sp³-hybridized carbons (Fsp3) is 0.318. The van der Waals surface area contributed by atoms with E-state index in [1.54, 1.807) is 18.2 Å². The van der Waals surface area contributed by atoms with Crippen molar-refractivity contribution in [1.82, 2.24) is 15.2 Å². The molecular formula is C22H26N4O2S. The quantitative estimate of drug-likeness (QED) is 0.636. The molecule has 0 aliphatic heterocycles. The van der Waals surface area contributed by atoms with Gasteiger partial charge in [0.2, 0.25) is 5.95 Å². The van der Waals surface area contributed by atoms with Crippen LogP contribution in [-0.2, 0) is 22.7 Å². The number of anilines is 1. The van der Waals surface area contributed by atoms with Gasteiger partial charge in [-0.2, -0.15) is 5.10 Å². The van der Waals surface area contributed by atoms with Crippen LogP contribution >= 0.6 is 0 Å². The SMILES string of the molecule is CCc1nnc(NC(c2ccc(C)cc2)c2cccc(S(C)(=O)=O)c2)nc1CC. The summed E-state index contributed by atoms with van der Waals surface area (Å²) in [7, 11) is -3.31. The molecule has 3 aromatic rings. The molecule has 6 nitrogen and oxygen atoms in total. The number of nitrogens with one attached hydrogen (secondary N) is 1. The molecule has 3 rings (SSSR count). The Morgan fingerprint density at radius 3 is 2.24 bits per heavy atom. The van der Waals surface area contributed by atoms with E-state index in [-0.39, 0.29) is 10.9 Å². The molecule has 152 valence electrons. The fourth-order valence-corrected chi connectivity index (χ4v) is 3.85. The molecule has 0 saturated carbocycles. The van der Waals surface area contributed by atoms with Crippen LogP contribution in [0.25, 0.3) is 0 Å². The maximum Gasteiger partial charge on any atom is 0.243 e. The smallest absolute Gasteiger partial charge is 0.243 e. The maximum absolute atomic E-state index is 12.0. The molecule has 0 spiro atoms. The third-order valence-electron chi connectivity index (χ3n) is 4.81. The average Bonchev–Trinajstić information content (AvgIpc) is 2.72. The van der Waals surface area contributed by atoms with Gasteiger partial charge >= 0.3 is 0 Å². The van der Waals surface area contributed by atoms with Crippen LogP contribution in [0.5, 0.6) is 0 Å². The molecule has 1 unspecified atom stereocenters. The second-order valence-corrected chi connectivity index (χ2v) is 9.08. The molecule has 2 aromatic carbocycles. The standard InChI is InChI=1S/C22H26N4O2S/c1-5-19-20(6-2)25-26-22(23-19)24-21(16-12-10-15(3)11-13-16)17-8-7-9-18(14-17)29(4,27)28/h7-14,21H,5-6H2,1-4H3,(H,23,24,26). The van der Waals surface area contributed by atoms with Crippen LogP contribution in [0.3, 0.4) is 0 Å². The fourth-order valence-electron chi connectivity index (χ4n) is 3.17. The topological polar surface area (TPSA) is 84.8 Å². The first kappa shape index (κ1) is 20.9. The average molecular weight is 411 g/mol. The molecule has 1 heterocycles. The Bertz CT molecular complexity index is 1100. The van der Waals surface area contributed by atoms with Gasteiger partial charge in [-0.15, -0.1) is 5.10 Å². The van der Waals surface area contributed by atoms with Gasteiger partial charge in [0.15, 0.2) is 9.84 Å². The van der Waals surface area contributed by atoms with E-state index < -0.39 is 9.84 Å². The van der Waals surface area contributed by atoms with Crippen molar-refractivity contribution < 1.29 is 8.42 Å². The molecule has 1 N–H and O–H groups in total. The maximum atomic E-state index is 12.0. The van der Waals surface area contributed by atoms with Gasteiger partial charge in [-0.25, -0.2) is 13.4 Å². The summed E-state index contributed by atoms with van der Waals surface area (Å²) >= 11 is 0. The van der Waals surface area contributed by atoms with E-state index in [9.17, 15) is 8.42 Å². The Labute approximate surface area is 172 Å². The highest BCUT2D eigenvalue weighted by molar-refractivity contribution is 7.90. The molecule has 0 aliphatic carbocycles. The summed E-state index contributed by atoms with van der Waals surface area (Å²) in [6.45, 7) is 6.10.